The fraction of sp³-hybridized carbons (Fsp3) is 0.500. The fourth-order valence-electron chi connectivity index (χ4n) is 2.78. The summed E-state index contributed by atoms with van der Waals surface area (Å²) in [6.07, 6.45) is -3.14. The highest BCUT2D eigenvalue weighted by atomic mass is 19.4. The number of alkyl halides is 3. The van der Waals surface area contributed by atoms with Gasteiger partial charge >= 0.3 is 6.18 Å². The summed E-state index contributed by atoms with van der Waals surface area (Å²) in [5.74, 6) is -0.796. The lowest BCUT2D eigenvalue weighted by Crippen LogP contribution is -2.33. The van der Waals surface area contributed by atoms with E-state index in [0.717, 1.165) is 12.2 Å². The van der Waals surface area contributed by atoms with E-state index >= 15 is 0 Å². The molecule has 0 saturated carbocycles. The largest absolute Gasteiger partial charge is 0.467 e. The molecule has 1 amide bonds. The Hall–Kier alpha value is -2.66. The van der Waals surface area contributed by atoms with Gasteiger partial charge in [-0.3, -0.25) is 14.5 Å². The van der Waals surface area contributed by atoms with Crippen LogP contribution < -0.4 is 15.4 Å². The third kappa shape index (κ3) is 5.67. The number of hydrogen-bond donors (Lipinski definition) is 2. The summed E-state index contributed by atoms with van der Waals surface area (Å²) >= 11 is 0. The average Bonchev–Trinajstić information content (AvgIpc) is 3.12. The van der Waals surface area contributed by atoms with Crippen molar-refractivity contribution >= 4 is 11.6 Å². The Morgan fingerprint density at radius 3 is 2.83 bits per heavy atom. The van der Waals surface area contributed by atoms with Crippen molar-refractivity contribution in [2.45, 2.75) is 32.2 Å². The van der Waals surface area contributed by atoms with Crippen LogP contribution in [-0.2, 0) is 4.74 Å². The number of carbonyl (C=O) groups excluding carboxylic acids is 1. The van der Waals surface area contributed by atoms with E-state index in [1.165, 1.54) is 16.9 Å². The molecular weight excluding hydrogens is 391 g/mol. The molecule has 29 heavy (non-hydrogen) atoms. The van der Waals surface area contributed by atoms with Crippen LogP contribution >= 0.6 is 0 Å². The van der Waals surface area contributed by atoms with Gasteiger partial charge < -0.3 is 20.1 Å². The van der Waals surface area contributed by atoms with Crippen LogP contribution in [0.2, 0.25) is 0 Å². The van der Waals surface area contributed by atoms with Crippen LogP contribution in [0.3, 0.4) is 0 Å². The van der Waals surface area contributed by atoms with Crippen molar-refractivity contribution in [3.63, 3.8) is 0 Å². The molecule has 0 radical (unpaired) electrons. The molecule has 3 heterocycles. The number of morpholine rings is 1. The van der Waals surface area contributed by atoms with Crippen LogP contribution in [0.1, 0.15) is 42.2 Å². The zero-order valence-electron chi connectivity index (χ0n) is 16.0. The van der Waals surface area contributed by atoms with Crippen molar-refractivity contribution < 1.29 is 27.4 Å². The van der Waals surface area contributed by atoms with Crippen LogP contribution in [0.4, 0.5) is 18.9 Å². The minimum atomic E-state index is -4.49. The maximum Gasteiger partial charge on any atom is 0.422 e. The summed E-state index contributed by atoms with van der Waals surface area (Å²) in [5, 5.41) is 9.83. The summed E-state index contributed by atoms with van der Waals surface area (Å²) in [6.45, 7) is 4.09. The third-order valence-electron chi connectivity index (χ3n) is 4.12. The van der Waals surface area contributed by atoms with Crippen LogP contribution in [0, 0.1) is 0 Å². The average molecular weight is 413 g/mol. The number of hydrogen-bond acceptors (Lipinski definition) is 6. The normalized spacial score (nSPS) is 17.4. The summed E-state index contributed by atoms with van der Waals surface area (Å²) in [5.41, 5.74) is 1.27. The number of nitrogens with one attached hydrogen (secondary N) is 2. The molecule has 2 N–H and O–H groups in total. The van der Waals surface area contributed by atoms with Gasteiger partial charge in [-0.25, -0.2) is 0 Å². The lowest BCUT2D eigenvalue weighted by Gasteiger charge is -2.23. The number of nitrogens with zero attached hydrogens (tertiary/aromatic N) is 3. The molecule has 2 aromatic rings. The predicted molar refractivity (Wildman–Crippen MR) is 97.9 cm³/mol. The van der Waals surface area contributed by atoms with Crippen molar-refractivity contribution in [2.24, 2.45) is 0 Å². The van der Waals surface area contributed by atoms with Gasteiger partial charge in [0.25, 0.3) is 5.91 Å². The molecule has 0 unspecified atom stereocenters. The van der Waals surface area contributed by atoms with Gasteiger partial charge in [0.1, 0.15) is 11.8 Å². The Kier molecular flexibility index (Phi) is 6.38. The minimum absolute atomic E-state index is 0.0843. The number of anilines is 1. The monoisotopic (exact) mass is 413 g/mol. The van der Waals surface area contributed by atoms with E-state index in [1.807, 2.05) is 0 Å². The van der Waals surface area contributed by atoms with Gasteiger partial charge in [-0.2, -0.15) is 13.2 Å². The number of carbonyl (C=O) groups is 1. The second-order valence-corrected chi connectivity index (χ2v) is 6.80. The SMILES string of the molecule is CC(C)n1nc(OCC(F)(F)F)cc1C(=O)Nc1ccc([C@@H]2CNCCO2)nc1. The zero-order chi connectivity index (χ0) is 21.0. The lowest BCUT2D eigenvalue weighted by atomic mass is 10.2. The van der Waals surface area contributed by atoms with E-state index in [1.54, 1.807) is 26.0 Å². The van der Waals surface area contributed by atoms with E-state index in [4.69, 9.17) is 4.74 Å². The molecule has 8 nitrogen and oxygen atoms in total. The molecule has 2 aromatic heterocycles. The highest BCUT2D eigenvalue weighted by Crippen LogP contribution is 2.22. The number of pyridine rings is 1. The van der Waals surface area contributed by atoms with Crippen molar-refractivity contribution in [3.8, 4) is 5.88 Å². The Bertz CT molecular complexity index is 830. The highest BCUT2D eigenvalue weighted by molar-refractivity contribution is 6.03. The van der Waals surface area contributed by atoms with Gasteiger partial charge in [0.15, 0.2) is 6.61 Å². The summed E-state index contributed by atoms with van der Waals surface area (Å²) < 4.78 is 48.7. The second kappa shape index (κ2) is 8.78. The quantitative estimate of drug-likeness (QED) is 0.757. The standard InChI is InChI=1S/C18H22F3N5O3/c1-11(2)26-14(7-16(25-26)29-10-18(19,20)21)17(27)24-12-3-4-13(23-8-12)15-9-22-5-6-28-15/h3-4,7-8,11,15,22H,5-6,9-10H2,1-2H3,(H,24,27)/t15-/m0/s1. The van der Waals surface area contributed by atoms with Crippen LogP contribution in [0.5, 0.6) is 5.88 Å². The van der Waals surface area contributed by atoms with Crippen molar-refractivity contribution in [1.29, 1.82) is 0 Å². The molecule has 1 atom stereocenters. The second-order valence-electron chi connectivity index (χ2n) is 6.80. The molecule has 3 rings (SSSR count). The predicted octanol–water partition coefficient (Wildman–Crippen LogP) is 2.71. The Morgan fingerprint density at radius 2 is 2.24 bits per heavy atom. The molecule has 1 aliphatic heterocycles. The summed E-state index contributed by atoms with van der Waals surface area (Å²) in [4.78, 5) is 16.9. The lowest BCUT2D eigenvalue weighted by molar-refractivity contribution is -0.154. The topological polar surface area (TPSA) is 90.3 Å². The summed E-state index contributed by atoms with van der Waals surface area (Å²) in [6, 6.07) is 4.38. The first-order valence-electron chi connectivity index (χ1n) is 9.11. The highest BCUT2D eigenvalue weighted by Gasteiger charge is 2.29. The Labute approximate surface area is 165 Å². The van der Waals surface area contributed by atoms with Crippen molar-refractivity contribution in [2.75, 3.05) is 31.6 Å². The molecule has 158 valence electrons. The van der Waals surface area contributed by atoms with Crippen LogP contribution in [0.15, 0.2) is 24.4 Å². The number of rotatable bonds is 6. The first-order chi connectivity index (χ1) is 13.7. The number of ether oxygens (including phenoxy) is 2. The minimum Gasteiger partial charge on any atom is -0.467 e. The van der Waals surface area contributed by atoms with E-state index in [9.17, 15) is 18.0 Å². The van der Waals surface area contributed by atoms with Crippen molar-refractivity contribution in [1.82, 2.24) is 20.1 Å². The van der Waals surface area contributed by atoms with E-state index in [-0.39, 0.29) is 23.7 Å². The summed E-state index contributed by atoms with van der Waals surface area (Å²) in [7, 11) is 0. The third-order valence-corrected chi connectivity index (χ3v) is 4.12. The molecule has 0 aliphatic carbocycles. The smallest absolute Gasteiger partial charge is 0.422 e. The molecular formula is C18H22F3N5O3. The molecule has 1 saturated heterocycles. The molecule has 0 aromatic carbocycles. The fourth-order valence-corrected chi connectivity index (χ4v) is 2.78. The number of aromatic nitrogens is 3. The molecule has 1 fully saturated rings. The van der Waals surface area contributed by atoms with Crippen molar-refractivity contribution in [3.05, 3.63) is 35.8 Å². The van der Waals surface area contributed by atoms with E-state index < -0.39 is 18.7 Å². The Morgan fingerprint density at radius 1 is 1.45 bits per heavy atom. The van der Waals surface area contributed by atoms with Gasteiger partial charge in [0, 0.05) is 25.2 Å². The Balaban J connectivity index is 1.70. The van der Waals surface area contributed by atoms with Gasteiger partial charge in [-0.15, -0.1) is 5.10 Å². The maximum absolute atomic E-state index is 12.6. The first kappa shape index (κ1) is 21.1. The van der Waals surface area contributed by atoms with Gasteiger partial charge in [0.2, 0.25) is 5.88 Å². The molecule has 0 spiro atoms. The molecule has 0 bridgehead atoms. The first-order valence-corrected chi connectivity index (χ1v) is 9.11. The van der Waals surface area contributed by atoms with Crippen LogP contribution in [0.25, 0.3) is 0 Å². The maximum atomic E-state index is 12.6. The van der Waals surface area contributed by atoms with Gasteiger partial charge in [-0.05, 0) is 26.0 Å². The zero-order valence-corrected chi connectivity index (χ0v) is 16.0. The van der Waals surface area contributed by atoms with Gasteiger partial charge in [0.05, 0.1) is 24.2 Å². The van der Waals surface area contributed by atoms with E-state index in [0.29, 0.717) is 18.8 Å². The number of amides is 1. The van der Waals surface area contributed by atoms with Gasteiger partial charge in [-0.1, -0.05) is 0 Å². The molecule has 1 aliphatic rings. The van der Waals surface area contributed by atoms with Crippen LogP contribution in [-0.4, -0.2) is 53.2 Å². The van der Waals surface area contributed by atoms with E-state index in [2.05, 4.69) is 25.5 Å². The molecule has 11 heteroatoms. The number of halogens is 3.